The van der Waals surface area contributed by atoms with Gasteiger partial charge in [0.15, 0.2) is 0 Å². The van der Waals surface area contributed by atoms with Crippen LogP contribution in [0.4, 0.5) is 0 Å². The molecule has 0 unspecified atom stereocenters. The minimum atomic E-state index is 0. The van der Waals surface area contributed by atoms with Gasteiger partial charge >= 0.3 is 4.87 Å². The van der Waals surface area contributed by atoms with Crippen LogP contribution in [0.25, 0.3) is 10.2 Å². The molecule has 0 spiro atoms. The number of ether oxygens (including phenoxy) is 1. The number of benzene rings is 1. The first-order chi connectivity index (χ1) is 10.2. The van der Waals surface area contributed by atoms with Gasteiger partial charge in [-0.05, 0) is 43.5 Å². The zero-order valence-corrected chi connectivity index (χ0v) is 14.5. The molecule has 1 aliphatic rings. The Labute approximate surface area is 141 Å². The summed E-state index contributed by atoms with van der Waals surface area (Å²) in [6.45, 7) is 5.07. The van der Waals surface area contributed by atoms with Gasteiger partial charge in [-0.1, -0.05) is 17.4 Å². The van der Waals surface area contributed by atoms with Crippen LogP contribution in [0.1, 0.15) is 18.4 Å². The molecule has 0 aliphatic carbocycles. The Morgan fingerprint density at radius 1 is 1.23 bits per heavy atom. The summed E-state index contributed by atoms with van der Waals surface area (Å²) in [4.78, 5) is 14.3. The number of thiazole rings is 1. The molecule has 0 amide bonds. The van der Waals surface area contributed by atoms with Crippen molar-refractivity contribution in [2.24, 2.45) is 7.05 Å². The average molecular weight is 343 g/mol. The van der Waals surface area contributed by atoms with Crippen molar-refractivity contribution >= 4 is 34.0 Å². The molecule has 3 rings (SSSR count). The molecule has 1 aromatic heterocycles. The third-order valence-corrected chi connectivity index (χ3v) is 5.15. The van der Waals surface area contributed by atoms with Crippen LogP contribution in [0.15, 0.2) is 23.0 Å². The summed E-state index contributed by atoms with van der Waals surface area (Å²) in [6.07, 6.45) is 3.52. The number of rotatable bonds is 5. The number of aromatic nitrogens is 1. The van der Waals surface area contributed by atoms with Gasteiger partial charge in [0.2, 0.25) is 0 Å². The van der Waals surface area contributed by atoms with Gasteiger partial charge in [-0.3, -0.25) is 9.69 Å². The highest BCUT2D eigenvalue weighted by atomic mass is 35.5. The molecule has 1 aromatic carbocycles. The Bertz CT molecular complexity index is 662. The van der Waals surface area contributed by atoms with E-state index in [1.54, 1.807) is 4.57 Å². The standard InChI is InChI=1S/C16H22N2O2S.ClH/c1-17-14-6-5-13(12-15(14)21-16(17)19)4-2-3-7-18-8-10-20-11-9-18;/h5-6,12H,2-4,7-11H2,1H3;1H. The van der Waals surface area contributed by atoms with Gasteiger partial charge < -0.3 is 9.30 Å². The van der Waals surface area contributed by atoms with Crippen molar-refractivity contribution in [2.45, 2.75) is 19.3 Å². The zero-order valence-electron chi connectivity index (χ0n) is 12.9. The first kappa shape index (κ1) is 17.5. The summed E-state index contributed by atoms with van der Waals surface area (Å²) < 4.78 is 8.19. The molecular weight excluding hydrogens is 320 g/mol. The molecule has 122 valence electrons. The lowest BCUT2D eigenvalue weighted by atomic mass is 10.1. The fraction of sp³-hybridized carbons (Fsp3) is 0.562. The smallest absolute Gasteiger partial charge is 0.307 e. The number of unbranched alkanes of at least 4 members (excludes halogenated alkanes) is 1. The maximum Gasteiger partial charge on any atom is 0.307 e. The predicted molar refractivity (Wildman–Crippen MR) is 94.5 cm³/mol. The van der Waals surface area contributed by atoms with Gasteiger partial charge in [-0.2, -0.15) is 0 Å². The van der Waals surface area contributed by atoms with E-state index in [9.17, 15) is 4.79 Å². The van der Waals surface area contributed by atoms with E-state index in [2.05, 4.69) is 23.1 Å². The minimum absolute atomic E-state index is 0. The van der Waals surface area contributed by atoms with Gasteiger partial charge in [0.05, 0.1) is 23.4 Å². The van der Waals surface area contributed by atoms with Crippen molar-refractivity contribution in [3.8, 4) is 0 Å². The number of hydrogen-bond donors (Lipinski definition) is 0. The van der Waals surface area contributed by atoms with Crippen molar-refractivity contribution < 1.29 is 4.74 Å². The van der Waals surface area contributed by atoms with Crippen molar-refractivity contribution in [1.82, 2.24) is 9.47 Å². The highest BCUT2D eigenvalue weighted by Crippen LogP contribution is 2.19. The Hall–Kier alpha value is -0.880. The third-order valence-electron chi connectivity index (χ3n) is 4.15. The number of morpholine rings is 1. The lowest BCUT2D eigenvalue weighted by molar-refractivity contribution is 0.0372. The van der Waals surface area contributed by atoms with Crippen molar-refractivity contribution in [2.75, 3.05) is 32.8 Å². The Balaban J connectivity index is 0.00000176. The molecule has 0 N–H and O–H groups in total. The molecule has 1 aliphatic heterocycles. The molecule has 0 bridgehead atoms. The van der Waals surface area contributed by atoms with E-state index >= 15 is 0 Å². The summed E-state index contributed by atoms with van der Waals surface area (Å²) >= 11 is 1.34. The van der Waals surface area contributed by atoms with E-state index in [0.29, 0.717) is 0 Å². The van der Waals surface area contributed by atoms with E-state index in [1.807, 2.05) is 7.05 Å². The van der Waals surface area contributed by atoms with Crippen molar-refractivity contribution in [3.63, 3.8) is 0 Å². The second-order valence-corrected chi connectivity index (χ2v) is 6.63. The number of halogens is 1. The number of fused-ring (bicyclic) bond motifs is 1. The van der Waals surface area contributed by atoms with E-state index in [1.165, 1.54) is 36.3 Å². The van der Waals surface area contributed by atoms with Crippen LogP contribution < -0.4 is 4.87 Å². The molecule has 0 radical (unpaired) electrons. The average Bonchev–Trinajstić information content (AvgIpc) is 2.79. The summed E-state index contributed by atoms with van der Waals surface area (Å²) in [6, 6.07) is 6.41. The molecule has 22 heavy (non-hydrogen) atoms. The molecule has 6 heteroatoms. The van der Waals surface area contributed by atoms with Crippen LogP contribution in [0, 0.1) is 0 Å². The number of hydrogen-bond acceptors (Lipinski definition) is 4. The molecule has 2 heterocycles. The minimum Gasteiger partial charge on any atom is -0.379 e. The summed E-state index contributed by atoms with van der Waals surface area (Å²) in [5, 5.41) is 0. The SMILES string of the molecule is Cl.Cn1c(=O)sc2cc(CCCCN3CCOCC3)ccc21. The summed E-state index contributed by atoms with van der Waals surface area (Å²) in [5.74, 6) is 0. The van der Waals surface area contributed by atoms with Gasteiger partial charge in [0.25, 0.3) is 0 Å². The zero-order chi connectivity index (χ0) is 14.7. The topological polar surface area (TPSA) is 34.5 Å². The van der Waals surface area contributed by atoms with Crippen LogP contribution in [0.3, 0.4) is 0 Å². The van der Waals surface area contributed by atoms with Gasteiger partial charge in [-0.15, -0.1) is 12.4 Å². The summed E-state index contributed by atoms with van der Waals surface area (Å²) in [5.41, 5.74) is 2.38. The second-order valence-electron chi connectivity index (χ2n) is 5.64. The molecular formula is C16H23ClN2O2S. The molecule has 0 atom stereocenters. The highest BCUT2D eigenvalue weighted by Gasteiger charge is 2.09. The Kier molecular flexibility index (Phi) is 6.44. The lowest BCUT2D eigenvalue weighted by Crippen LogP contribution is -2.36. The fourth-order valence-electron chi connectivity index (χ4n) is 2.82. The largest absolute Gasteiger partial charge is 0.379 e. The van der Waals surface area contributed by atoms with E-state index < -0.39 is 0 Å². The Morgan fingerprint density at radius 3 is 2.77 bits per heavy atom. The van der Waals surface area contributed by atoms with Gasteiger partial charge in [-0.25, -0.2) is 0 Å². The quantitative estimate of drug-likeness (QED) is 0.783. The fourth-order valence-corrected chi connectivity index (χ4v) is 3.77. The van der Waals surface area contributed by atoms with Crippen LogP contribution in [0.5, 0.6) is 0 Å². The highest BCUT2D eigenvalue weighted by molar-refractivity contribution is 7.16. The first-order valence-corrected chi connectivity index (χ1v) is 8.44. The molecule has 0 saturated carbocycles. The predicted octanol–water partition coefficient (Wildman–Crippen LogP) is 2.68. The van der Waals surface area contributed by atoms with Crippen LogP contribution in [0.2, 0.25) is 0 Å². The van der Waals surface area contributed by atoms with Crippen molar-refractivity contribution in [3.05, 3.63) is 33.4 Å². The van der Waals surface area contributed by atoms with E-state index in [4.69, 9.17) is 4.74 Å². The van der Waals surface area contributed by atoms with Crippen LogP contribution in [-0.4, -0.2) is 42.3 Å². The second kappa shape index (κ2) is 8.11. The molecule has 1 fully saturated rings. The molecule has 4 nitrogen and oxygen atoms in total. The van der Waals surface area contributed by atoms with E-state index in [-0.39, 0.29) is 17.3 Å². The van der Waals surface area contributed by atoms with Gasteiger partial charge in [0.1, 0.15) is 0 Å². The molecule has 2 aromatic rings. The van der Waals surface area contributed by atoms with E-state index in [0.717, 1.165) is 42.9 Å². The monoisotopic (exact) mass is 342 g/mol. The van der Waals surface area contributed by atoms with Gasteiger partial charge in [0, 0.05) is 20.1 Å². The number of aryl methyl sites for hydroxylation is 2. The maximum atomic E-state index is 11.7. The first-order valence-electron chi connectivity index (χ1n) is 7.62. The van der Waals surface area contributed by atoms with Crippen LogP contribution in [-0.2, 0) is 18.2 Å². The third kappa shape index (κ3) is 4.10. The number of nitrogens with zero attached hydrogens (tertiary/aromatic N) is 2. The Morgan fingerprint density at radius 2 is 2.00 bits per heavy atom. The van der Waals surface area contributed by atoms with Crippen LogP contribution >= 0.6 is 23.7 Å². The molecule has 1 saturated heterocycles. The maximum absolute atomic E-state index is 11.7. The summed E-state index contributed by atoms with van der Waals surface area (Å²) in [7, 11) is 1.84. The van der Waals surface area contributed by atoms with Crippen molar-refractivity contribution in [1.29, 1.82) is 0 Å². The lowest BCUT2D eigenvalue weighted by Gasteiger charge is -2.26. The normalized spacial score (nSPS) is 15.9.